The highest BCUT2D eigenvalue weighted by molar-refractivity contribution is 5.94. The van der Waals surface area contributed by atoms with Gasteiger partial charge < -0.3 is 24.4 Å². The Morgan fingerprint density at radius 1 is 1.05 bits per heavy atom. The highest BCUT2D eigenvalue weighted by Crippen LogP contribution is 2.31. The van der Waals surface area contributed by atoms with Gasteiger partial charge in [0, 0.05) is 49.6 Å². The molecule has 0 radical (unpaired) electrons. The summed E-state index contributed by atoms with van der Waals surface area (Å²) in [6, 6.07) is 7.96. The van der Waals surface area contributed by atoms with Crippen LogP contribution in [0.1, 0.15) is 47.9 Å². The molecule has 2 fully saturated rings. The number of piperidine rings is 1. The third-order valence-electron chi connectivity index (χ3n) is 7.39. The number of benzene rings is 1. The number of anilines is 2. The second-order valence-corrected chi connectivity index (χ2v) is 9.98. The highest BCUT2D eigenvalue weighted by atomic mass is 35.5. The minimum Gasteiger partial charge on any atom is -0.381 e. The average molecular weight is 544 g/mol. The van der Waals surface area contributed by atoms with Crippen LogP contribution in [-0.2, 0) is 4.74 Å². The lowest BCUT2D eigenvalue weighted by Gasteiger charge is -2.35. The summed E-state index contributed by atoms with van der Waals surface area (Å²) < 4.78 is 22.4. The fourth-order valence-corrected chi connectivity index (χ4v) is 5.23. The molecule has 2 saturated heterocycles. The van der Waals surface area contributed by atoms with Crippen molar-refractivity contribution in [1.29, 1.82) is 0 Å². The number of aryl methyl sites for hydroxylation is 1. The normalized spacial score (nSPS) is 16.9. The van der Waals surface area contributed by atoms with E-state index in [9.17, 15) is 9.18 Å². The molecular weight excluding hydrogens is 509 g/mol. The van der Waals surface area contributed by atoms with Gasteiger partial charge in [0.1, 0.15) is 11.5 Å². The van der Waals surface area contributed by atoms with E-state index < -0.39 is 5.82 Å². The number of carbonyl (C=O) groups is 1. The van der Waals surface area contributed by atoms with Gasteiger partial charge in [-0.05, 0) is 71.0 Å². The van der Waals surface area contributed by atoms with Crippen LogP contribution >= 0.6 is 12.4 Å². The summed E-state index contributed by atoms with van der Waals surface area (Å²) in [6.45, 7) is 4.79. The molecule has 1 aromatic carbocycles. The van der Waals surface area contributed by atoms with Gasteiger partial charge in [-0.25, -0.2) is 19.3 Å². The number of nitrogens with one attached hydrogen (secondary N) is 1. The van der Waals surface area contributed by atoms with Crippen molar-refractivity contribution < 1.29 is 13.9 Å². The van der Waals surface area contributed by atoms with Crippen molar-refractivity contribution >= 4 is 29.9 Å². The van der Waals surface area contributed by atoms with E-state index in [1.807, 2.05) is 24.0 Å². The average Bonchev–Trinajstić information content (AvgIpc) is 3.31. The smallest absolute Gasteiger partial charge is 0.253 e. The van der Waals surface area contributed by atoms with E-state index in [0.29, 0.717) is 30.5 Å². The number of rotatable bonds is 6. The van der Waals surface area contributed by atoms with Gasteiger partial charge in [-0.3, -0.25) is 4.79 Å². The summed E-state index contributed by atoms with van der Waals surface area (Å²) in [5.41, 5.74) is 2.20. The maximum Gasteiger partial charge on any atom is 0.253 e. The Bertz CT molecular complexity index is 1240. The van der Waals surface area contributed by atoms with Crippen LogP contribution in [0.2, 0.25) is 0 Å². The van der Waals surface area contributed by atoms with Gasteiger partial charge in [-0.1, -0.05) is 0 Å². The van der Waals surface area contributed by atoms with E-state index in [1.165, 1.54) is 6.20 Å². The number of carbonyl (C=O) groups excluding carboxylic acids is 1. The van der Waals surface area contributed by atoms with Crippen molar-refractivity contribution in [3.05, 3.63) is 53.9 Å². The second kappa shape index (κ2) is 12.2. The summed E-state index contributed by atoms with van der Waals surface area (Å²) >= 11 is 0. The number of hydrogen-bond acceptors (Lipinski definition) is 7. The molecule has 0 saturated carbocycles. The molecule has 11 heteroatoms. The molecule has 0 unspecified atom stereocenters. The fourth-order valence-electron chi connectivity index (χ4n) is 5.23. The molecule has 4 heterocycles. The highest BCUT2D eigenvalue weighted by Gasteiger charge is 2.25. The standard InChI is InChI=1S/C27H34FN7O2.ClH/c1-18-29-17-24(35(18)22-10-14-37-15-11-22)25-23(28)16-30-27(32-25)31-20-6-4-19(5-7-20)26(36)34-12-8-21(9-13-34)33(2)3;/h4-7,16-17,21-22H,8-15H2,1-3H3,(H,30,31,32);1H. The molecule has 204 valence electrons. The van der Waals surface area contributed by atoms with Crippen molar-refractivity contribution in [3.8, 4) is 11.4 Å². The zero-order valence-corrected chi connectivity index (χ0v) is 22.9. The number of hydrogen-bond donors (Lipinski definition) is 1. The van der Waals surface area contributed by atoms with Gasteiger partial charge in [-0.2, -0.15) is 0 Å². The summed E-state index contributed by atoms with van der Waals surface area (Å²) in [5.74, 6) is 0.637. The van der Waals surface area contributed by atoms with Crippen molar-refractivity contribution in [1.82, 2.24) is 29.3 Å². The van der Waals surface area contributed by atoms with Crippen molar-refractivity contribution in [3.63, 3.8) is 0 Å². The van der Waals surface area contributed by atoms with Crippen molar-refractivity contribution in [2.24, 2.45) is 0 Å². The zero-order chi connectivity index (χ0) is 25.9. The Hall–Kier alpha value is -3.08. The van der Waals surface area contributed by atoms with E-state index in [1.54, 1.807) is 18.3 Å². The minimum absolute atomic E-state index is 0. The van der Waals surface area contributed by atoms with Gasteiger partial charge in [-0.15, -0.1) is 12.4 Å². The van der Waals surface area contributed by atoms with Crippen LogP contribution in [0.25, 0.3) is 11.4 Å². The maximum atomic E-state index is 14.9. The van der Waals surface area contributed by atoms with E-state index in [2.05, 4.69) is 43.8 Å². The molecule has 2 aromatic heterocycles. The monoisotopic (exact) mass is 543 g/mol. The van der Waals surface area contributed by atoms with E-state index >= 15 is 0 Å². The van der Waals surface area contributed by atoms with Gasteiger partial charge in [0.15, 0.2) is 5.82 Å². The fraction of sp³-hybridized carbons (Fsp3) is 0.481. The lowest BCUT2D eigenvalue weighted by Crippen LogP contribution is -2.44. The first-order chi connectivity index (χ1) is 17.9. The number of halogens is 2. The van der Waals surface area contributed by atoms with E-state index in [0.717, 1.165) is 50.3 Å². The SMILES string of the molecule is Cc1ncc(-c2nc(Nc3ccc(C(=O)N4CCC(N(C)C)CC4)cc3)ncc2F)n1C1CCOCC1.Cl. The summed E-state index contributed by atoms with van der Waals surface area (Å²) in [6.07, 6.45) is 6.50. The number of aromatic nitrogens is 4. The van der Waals surface area contributed by atoms with Gasteiger partial charge in [0.05, 0.1) is 18.1 Å². The first-order valence-corrected chi connectivity index (χ1v) is 12.9. The molecule has 2 aliphatic heterocycles. The van der Waals surface area contributed by atoms with Crippen LogP contribution in [-0.4, -0.2) is 81.7 Å². The molecular formula is C27H35ClFN7O2. The lowest BCUT2D eigenvalue weighted by molar-refractivity contribution is 0.0663. The maximum absolute atomic E-state index is 14.9. The lowest BCUT2D eigenvalue weighted by atomic mass is 10.0. The predicted octanol–water partition coefficient (Wildman–Crippen LogP) is 4.47. The Labute approximate surface area is 228 Å². The number of amides is 1. The Kier molecular flexibility index (Phi) is 8.96. The molecule has 0 aliphatic carbocycles. The van der Waals surface area contributed by atoms with Gasteiger partial charge in [0.2, 0.25) is 5.95 Å². The molecule has 38 heavy (non-hydrogen) atoms. The summed E-state index contributed by atoms with van der Waals surface area (Å²) in [7, 11) is 4.17. The van der Waals surface area contributed by atoms with Gasteiger partial charge >= 0.3 is 0 Å². The molecule has 9 nitrogen and oxygen atoms in total. The van der Waals surface area contributed by atoms with Crippen molar-refractivity contribution in [2.45, 2.75) is 44.7 Å². The molecule has 5 rings (SSSR count). The van der Waals surface area contributed by atoms with Crippen LogP contribution in [0.5, 0.6) is 0 Å². The molecule has 1 amide bonds. The van der Waals surface area contributed by atoms with Crippen LogP contribution in [0.4, 0.5) is 16.0 Å². The molecule has 0 bridgehead atoms. The van der Waals surface area contributed by atoms with Crippen LogP contribution in [0.15, 0.2) is 36.7 Å². The Morgan fingerprint density at radius 3 is 2.39 bits per heavy atom. The predicted molar refractivity (Wildman–Crippen MR) is 147 cm³/mol. The Balaban J connectivity index is 0.00000336. The van der Waals surface area contributed by atoms with E-state index in [4.69, 9.17) is 4.74 Å². The summed E-state index contributed by atoms with van der Waals surface area (Å²) in [5, 5.41) is 3.14. The summed E-state index contributed by atoms with van der Waals surface area (Å²) in [4.78, 5) is 30.2. The number of nitrogens with zero attached hydrogens (tertiary/aromatic N) is 6. The third kappa shape index (κ3) is 5.98. The molecule has 3 aromatic rings. The van der Waals surface area contributed by atoms with Crippen LogP contribution in [0.3, 0.4) is 0 Å². The first-order valence-electron chi connectivity index (χ1n) is 12.9. The number of ether oxygens (including phenoxy) is 1. The molecule has 2 aliphatic rings. The van der Waals surface area contributed by atoms with Crippen LogP contribution < -0.4 is 5.32 Å². The zero-order valence-electron chi connectivity index (χ0n) is 22.1. The van der Waals surface area contributed by atoms with Gasteiger partial charge in [0.25, 0.3) is 5.91 Å². The minimum atomic E-state index is -0.502. The quantitative estimate of drug-likeness (QED) is 0.490. The largest absolute Gasteiger partial charge is 0.381 e. The van der Waals surface area contributed by atoms with Crippen molar-refractivity contribution in [2.75, 3.05) is 45.7 Å². The Morgan fingerprint density at radius 2 is 1.74 bits per heavy atom. The molecule has 0 spiro atoms. The third-order valence-corrected chi connectivity index (χ3v) is 7.39. The van der Waals surface area contributed by atoms with E-state index in [-0.39, 0.29) is 36.0 Å². The van der Waals surface area contributed by atoms with Crippen LogP contribution in [0, 0.1) is 12.7 Å². The number of imidazole rings is 1. The second-order valence-electron chi connectivity index (χ2n) is 9.98. The topological polar surface area (TPSA) is 88.4 Å². The number of likely N-dealkylation sites (tertiary alicyclic amines) is 1. The molecule has 1 N–H and O–H groups in total. The molecule has 0 atom stereocenters. The first kappa shape index (κ1) is 27.9.